The van der Waals surface area contributed by atoms with Crippen molar-refractivity contribution in [2.45, 2.75) is 45.3 Å². The summed E-state index contributed by atoms with van der Waals surface area (Å²) in [6, 6.07) is 13.4. The van der Waals surface area contributed by atoms with Gasteiger partial charge in [-0.1, -0.05) is 0 Å². The van der Waals surface area contributed by atoms with Gasteiger partial charge in [0.05, 0.1) is 28.8 Å². The highest BCUT2D eigenvalue weighted by atomic mass is 32.2. The molecule has 0 aliphatic carbocycles. The van der Waals surface area contributed by atoms with Crippen molar-refractivity contribution in [1.82, 2.24) is 35.2 Å². The zero-order valence-electron chi connectivity index (χ0n) is 30.1. The summed E-state index contributed by atoms with van der Waals surface area (Å²) >= 11 is 0. The maximum Gasteiger partial charge on any atom is 0.252 e. The molecule has 2 amide bonds. The number of sulfone groups is 1. The van der Waals surface area contributed by atoms with Crippen LogP contribution < -0.4 is 15.2 Å². The molecule has 0 saturated heterocycles. The van der Waals surface area contributed by atoms with Crippen molar-refractivity contribution in [3.05, 3.63) is 108 Å². The van der Waals surface area contributed by atoms with Crippen LogP contribution in [0, 0.1) is 5.82 Å². The van der Waals surface area contributed by atoms with Crippen LogP contribution in [0.5, 0.6) is 0 Å². The molecule has 1 unspecified atom stereocenters. The number of amides is 2. The van der Waals surface area contributed by atoms with E-state index < -0.39 is 43.4 Å². The van der Waals surface area contributed by atoms with Gasteiger partial charge in [0.1, 0.15) is 26.6 Å². The van der Waals surface area contributed by atoms with Gasteiger partial charge in [-0.25, -0.2) is 22.2 Å². The van der Waals surface area contributed by atoms with Gasteiger partial charge < -0.3 is 10.6 Å². The highest BCUT2D eigenvalue weighted by molar-refractivity contribution is 7.90. The number of carbonyl (C=O) groups is 2. The molecule has 13 nitrogen and oxygen atoms in total. The maximum atomic E-state index is 15.0. The monoisotopic (exact) mass is 759 g/mol. The lowest BCUT2D eigenvalue weighted by molar-refractivity contribution is -0.687. The van der Waals surface area contributed by atoms with Crippen molar-refractivity contribution in [3.63, 3.8) is 0 Å². The lowest BCUT2D eigenvalue weighted by Crippen LogP contribution is -2.48. The molecule has 4 heterocycles. The molecule has 16 heteroatoms. The van der Waals surface area contributed by atoms with E-state index in [4.69, 9.17) is 5.10 Å². The van der Waals surface area contributed by atoms with Crippen LogP contribution in [0.2, 0.25) is 0 Å². The lowest BCUT2D eigenvalue weighted by Gasteiger charge is -2.25. The third-order valence-electron chi connectivity index (χ3n) is 8.34. The fourth-order valence-electron chi connectivity index (χ4n) is 6.43. The molecule has 2 N–H and O–H groups in total. The summed E-state index contributed by atoms with van der Waals surface area (Å²) in [6.45, 7) is 7.22. The van der Waals surface area contributed by atoms with Gasteiger partial charge in [-0.3, -0.25) is 18.8 Å². The van der Waals surface area contributed by atoms with Gasteiger partial charge in [0.15, 0.2) is 24.8 Å². The first-order chi connectivity index (χ1) is 24.9. The van der Waals surface area contributed by atoms with Crippen molar-refractivity contribution in [3.8, 4) is 11.4 Å². The van der Waals surface area contributed by atoms with Crippen molar-refractivity contribution < 1.29 is 31.2 Å². The first kappa shape index (κ1) is 37.4. The summed E-state index contributed by atoms with van der Waals surface area (Å²) in [5.74, 6) is -1.47. The molecular weight excluding hydrogens is 720 g/mol. The standard InChI is InChI=1S/C37H39FN8O5S2/c1-36(2,22-52(5)49)40-34(47)27-12-11-24(32-29(27)20-45(42-32)25-9-7-15-39-17-25)18-44-16-8-10-26(19-44)46-21-30-28(13-14-31(38)33(30)43-46)35(48)41-37(3,4)23-53(6,50)51/h7-17,19-21H,18,22-23H2,1-6H3,(H-,40,41,47,48)/p+1. The number of halogens is 1. The number of nitrogens with one attached hydrogen (secondary N) is 2. The first-order valence-corrected chi connectivity index (χ1v) is 20.4. The molecule has 0 aliphatic heterocycles. The van der Waals surface area contributed by atoms with Gasteiger partial charge in [-0.15, -0.1) is 0 Å². The van der Waals surface area contributed by atoms with Gasteiger partial charge >= 0.3 is 0 Å². The van der Waals surface area contributed by atoms with E-state index in [1.165, 1.54) is 10.7 Å². The Hall–Kier alpha value is -5.35. The Morgan fingerprint density at radius 1 is 0.868 bits per heavy atom. The molecule has 0 saturated carbocycles. The lowest BCUT2D eigenvalue weighted by atomic mass is 10.0. The van der Waals surface area contributed by atoms with Crippen molar-refractivity contribution in [2.75, 3.05) is 24.0 Å². The number of rotatable bonds is 12. The molecule has 276 valence electrons. The van der Waals surface area contributed by atoms with Crippen molar-refractivity contribution >= 4 is 54.3 Å². The average Bonchev–Trinajstić information content (AvgIpc) is 3.70. The average molecular weight is 760 g/mol. The van der Waals surface area contributed by atoms with Crippen LogP contribution in [0.15, 0.2) is 85.7 Å². The van der Waals surface area contributed by atoms with Gasteiger partial charge in [-0.2, -0.15) is 14.8 Å². The zero-order valence-corrected chi connectivity index (χ0v) is 31.8. The minimum atomic E-state index is -3.39. The topological polar surface area (TPSA) is 162 Å². The smallest absolute Gasteiger partial charge is 0.252 e. The predicted molar refractivity (Wildman–Crippen MR) is 201 cm³/mol. The van der Waals surface area contributed by atoms with Crippen molar-refractivity contribution in [2.24, 2.45) is 0 Å². The van der Waals surface area contributed by atoms with Crippen LogP contribution in [0.25, 0.3) is 33.2 Å². The molecule has 0 aliphatic rings. The quantitative estimate of drug-likeness (QED) is 0.179. The predicted octanol–water partition coefficient (Wildman–Crippen LogP) is 3.67. The first-order valence-electron chi connectivity index (χ1n) is 16.6. The van der Waals surface area contributed by atoms with E-state index >= 15 is 4.39 Å². The molecule has 0 fully saturated rings. The molecule has 2 aromatic carbocycles. The van der Waals surface area contributed by atoms with E-state index in [1.54, 1.807) is 67.8 Å². The van der Waals surface area contributed by atoms with E-state index in [-0.39, 0.29) is 28.1 Å². The number of benzene rings is 2. The molecule has 1 atom stereocenters. The number of pyridine rings is 2. The molecule has 4 aromatic heterocycles. The third kappa shape index (κ3) is 8.66. The Morgan fingerprint density at radius 3 is 2.11 bits per heavy atom. The van der Waals surface area contributed by atoms with E-state index in [2.05, 4.69) is 20.7 Å². The van der Waals surface area contributed by atoms with Gasteiger partial charge in [-0.05, 0) is 70.2 Å². The SMILES string of the molecule is CS(=O)CC(C)(C)NC(=O)c1ccc(C[n+]2cccc(-n3cc4c(C(=O)NC(C)(C)CS(C)(=O)=O)ccc(F)c4n3)c2)c2nn(-c3cccnc3)cc12. The highest BCUT2D eigenvalue weighted by Crippen LogP contribution is 2.26. The second-order valence-electron chi connectivity index (χ2n) is 14.4. The molecule has 0 bridgehead atoms. The number of hydrogen-bond donors (Lipinski definition) is 2. The minimum Gasteiger partial charge on any atom is -0.346 e. The van der Waals surface area contributed by atoms with Gasteiger partial charge in [0.2, 0.25) is 0 Å². The molecule has 6 aromatic rings. The molecule has 6 rings (SSSR count). The van der Waals surface area contributed by atoms with Crippen molar-refractivity contribution in [1.29, 1.82) is 0 Å². The number of nitrogens with zero attached hydrogens (tertiary/aromatic N) is 6. The Labute approximate surface area is 308 Å². The second kappa shape index (κ2) is 14.2. The van der Waals surface area contributed by atoms with Crippen LogP contribution in [-0.2, 0) is 27.2 Å². The fraction of sp³-hybridized carbons (Fsp3) is 0.297. The molecular formula is C37H40FN8O5S2+. The van der Waals surface area contributed by atoms with E-state index in [1.807, 2.05) is 49.0 Å². The van der Waals surface area contributed by atoms with Crippen LogP contribution in [0.4, 0.5) is 4.39 Å². The van der Waals surface area contributed by atoms with Crippen LogP contribution in [0.3, 0.4) is 0 Å². The summed E-state index contributed by atoms with van der Waals surface area (Å²) in [4.78, 5) is 31.2. The maximum absolute atomic E-state index is 15.0. The number of aromatic nitrogens is 6. The summed E-state index contributed by atoms with van der Waals surface area (Å²) in [7, 11) is -4.50. The third-order valence-corrected chi connectivity index (χ3v) is 10.7. The van der Waals surface area contributed by atoms with Crippen LogP contribution >= 0.6 is 0 Å². The number of fused-ring (bicyclic) bond motifs is 2. The van der Waals surface area contributed by atoms with E-state index in [9.17, 15) is 22.2 Å². The minimum absolute atomic E-state index is 0.0150. The molecule has 0 spiro atoms. The molecule has 0 radical (unpaired) electrons. The van der Waals surface area contributed by atoms with E-state index in [0.29, 0.717) is 40.1 Å². The zero-order chi connectivity index (χ0) is 38.3. The Kier molecular flexibility index (Phi) is 10.0. The molecule has 53 heavy (non-hydrogen) atoms. The Bertz CT molecular complexity index is 2510. The van der Waals surface area contributed by atoms with E-state index in [0.717, 1.165) is 17.9 Å². The Morgan fingerprint density at radius 2 is 1.47 bits per heavy atom. The van der Waals surface area contributed by atoms with Crippen LogP contribution in [-0.4, -0.2) is 84.1 Å². The number of carbonyl (C=O) groups excluding carboxylic acids is 2. The fourth-order valence-corrected chi connectivity index (χ4v) is 8.91. The summed E-state index contributed by atoms with van der Waals surface area (Å²) in [5.41, 5.74) is 1.46. The van der Waals surface area contributed by atoms with Gasteiger partial charge in [0, 0.05) is 81.1 Å². The second-order valence-corrected chi connectivity index (χ2v) is 18.0. The highest BCUT2D eigenvalue weighted by Gasteiger charge is 2.28. The summed E-state index contributed by atoms with van der Waals surface area (Å²) in [6.07, 6.45) is 13.1. The summed E-state index contributed by atoms with van der Waals surface area (Å²) < 4.78 is 55.9. The van der Waals surface area contributed by atoms with Gasteiger partial charge in [0.25, 0.3) is 11.8 Å². The Balaban J connectivity index is 1.34. The normalized spacial score (nSPS) is 13.0. The number of hydrogen-bond acceptors (Lipinski definition) is 8. The largest absolute Gasteiger partial charge is 0.346 e. The van der Waals surface area contributed by atoms with Crippen LogP contribution in [0.1, 0.15) is 54.0 Å². The summed E-state index contributed by atoms with van der Waals surface area (Å²) in [5, 5.41) is 16.0.